The lowest BCUT2D eigenvalue weighted by Gasteiger charge is -2.21. The molecule has 1 fully saturated rings. The summed E-state index contributed by atoms with van der Waals surface area (Å²) < 4.78 is 7.10. The first-order valence-electron chi connectivity index (χ1n) is 4.35. The monoisotopic (exact) mass is 201 g/mol. The van der Waals surface area contributed by atoms with Gasteiger partial charge >= 0.3 is 0 Å². The minimum atomic E-state index is 0.392. The van der Waals surface area contributed by atoms with Crippen LogP contribution in [-0.2, 0) is 4.74 Å². The van der Waals surface area contributed by atoms with E-state index in [-0.39, 0.29) is 0 Å². The minimum Gasteiger partial charge on any atom is -0.395 e. The SMILES string of the molecule is Nc1cn(C2CCOCC2)nc1Cl. The summed E-state index contributed by atoms with van der Waals surface area (Å²) in [5, 5.41) is 4.53. The second-order valence-corrected chi connectivity index (χ2v) is 3.56. The lowest BCUT2D eigenvalue weighted by molar-refractivity contribution is 0.0663. The minimum absolute atomic E-state index is 0.392. The van der Waals surface area contributed by atoms with Gasteiger partial charge < -0.3 is 10.5 Å². The third-order valence-electron chi connectivity index (χ3n) is 2.28. The molecule has 5 heteroatoms. The number of rotatable bonds is 1. The summed E-state index contributed by atoms with van der Waals surface area (Å²) in [6.45, 7) is 1.59. The predicted molar refractivity (Wildman–Crippen MR) is 50.7 cm³/mol. The fourth-order valence-electron chi connectivity index (χ4n) is 1.52. The second-order valence-electron chi connectivity index (χ2n) is 3.20. The van der Waals surface area contributed by atoms with E-state index in [2.05, 4.69) is 5.10 Å². The third-order valence-corrected chi connectivity index (χ3v) is 2.57. The summed E-state index contributed by atoms with van der Waals surface area (Å²) in [5.74, 6) is 0. The zero-order chi connectivity index (χ0) is 9.26. The first-order valence-corrected chi connectivity index (χ1v) is 4.73. The van der Waals surface area contributed by atoms with Crippen molar-refractivity contribution < 1.29 is 4.74 Å². The Balaban J connectivity index is 2.14. The molecule has 2 N–H and O–H groups in total. The normalized spacial score (nSPS) is 19.2. The smallest absolute Gasteiger partial charge is 0.173 e. The maximum absolute atomic E-state index is 5.76. The Morgan fingerprint density at radius 3 is 2.77 bits per heavy atom. The predicted octanol–water partition coefficient (Wildman–Crippen LogP) is 1.47. The largest absolute Gasteiger partial charge is 0.395 e. The molecule has 0 atom stereocenters. The molecule has 1 aromatic heterocycles. The van der Waals surface area contributed by atoms with Gasteiger partial charge in [-0.25, -0.2) is 0 Å². The topological polar surface area (TPSA) is 53.1 Å². The van der Waals surface area contributed by atoms with Gasteiger partial charge in [0, 0.05) is 19.4 Å². The molecular weight excluding hydrogens is 190 g/mol. The van der Waals surface area contributed by atoms with Crippen molar-refractivity contribution in [1.82, 2.24) is 9.78 Å². The molecule has 1 aliphatic rings. The zero-order valence-corrected chi connectivity index (χ0v) is 8.00. The summed E-state index contributed by atoms with van der Waals surface area (Å²) in [5.41, 5.74) is 6.15. The molecule has 4 nitrogen and oxygen atoms in total. The number of aromatic nitrogens is 2. The highest BCUT2D eigenvalue weighted by atomic mass is 35.5. The molecule has 2 heterocycles. The quantitative estimate of drug-likeness (QED) is 0.749. The van der Waals surface area contributed by atoms with E-state index in [1.54, 1.807) is 6.20 Å². The summed E-state index contributed by atoms with van der Waals surface area (Å²) in [6.07, 6.45) is 3.76. The van der Waals surface area contributed by atoms with Gasteiger partial charge in [-0.05, 0) is 12.8 Å². The number of hydrogen-bond acceptors (Lipinski definition) is 3. The molecule has 0 amide bonds. The Kier molecular flexibility index (Phi) is 2.42. The number of hydrogen-bond donors (Lipinski definition) is 1. The highest BCUT2D eigenvalue weighted by molar-refractivity contribution is 6.31. The van der Waals surface area contributed by atoms with Gasteiger partial charge in [-0.2, -0.15) is 5.10 Å². The van der Waals surface area contributed by atoms with Crippen LogP contribution in [0.2, 0.25) is 5.15 Å². The van der Waals surface area contributed by atoms with Crippen LogP contribution in [0.15, 0.2) is 6.20 Å². The van der Waals surface area contributed by atoms with Crippen LogP contribution in [0, 0.1) is 0 Å². The van der Waals surface area contributed by atoms with Crippen molar-refractivity contribution in [2.24, 2.45) is 0 Å². The van der Waals surface area contributed by atoms with E-state index in [9.17, 15) is 0 Å². The summed E-state index contributed by atoms with van der Waals surface area (Å²) in [6, 6.07) is 0.392. The van der Waals surface area contributed by atoms with Gasteiger partial charge in [0.05, 0.1) is 11.7 Å². The van der Waals surface area contributed by atoms with Crippen molar-refractivity contribution in [2.45, 2.75) is 18.9 Å². The lowest BCUT2D eigenvalue weighted by Crippen LogP contribution is -2.19. The zero-order valence-electron chi connectivity index (χ0n) is 7.24. The average Bonchev–Trinajstić information content (AvgIpc) is 2.49. The standard InChI is InChI=1S/C8H12ClN3O/c9-8-7(10)5-12(11-8)6-1-3-13-4-2-6/h5-6H,1-4,10H2. The molecule has 2 rings (SSSR count). The summed E-state index contributed by atoms with van der Waals surface area (Å²) in [7, 11) is 0. The number of nitrogens with two attached hydrogens (primary N) is 1. The van der Waals surface area contributed by atoms with Gasteiger partial charge in [-0.3, -0.25) is 4.68 Å². The number of nitrogen functional groups attached to an aromatic ring is 1. The van der Waals surface area contributed by atoms with E-state index in [0.29, 0.717) is 16.9 Å². The Labute approximate surface area is 81.6 Å². The highest BCUT2D eigenvalue weighted by Gasteiger charge is 2.17. The van der Waals surface area contributed by atoms with Crippen LogP contribution in [0.5, 0.6) is 0 Å². The molecule has 72 valence electrons. The molecule has 0 saturated carbocycles. The fourth-order valence-corrected chi connectivity index (χ4v) is 1.66. The van der Waals surface area contributed by atoms with Gasteiger partial charge in [-0.15, -0.1) is 0 Å². The van der Waals surface area contributed by atoms with Crippen LogP contribution in [-0.4, -0.2) is 23.0 Å². The molecule has 0 spiro atoms. The Bertz CT molecular complexity index is 274. The lowest BCUT2D eigenvalue weighted by atomic mass is 10.1. The molecule has 1 aromatic rings. The van der Waals surface area contributed by atoms with Crippen molar-refractivity contribution in [3.63, 3.8) is 0 Å². The van der Waals surface area contributed by atoms with Crippen molar-refractivity contribution in [2.75, 3.05) is 18.9 Å². The van der Waals surface area contributed by atoms with E-state index < -0.39 is 0 Å². The summed E-state index contributed by atoms with van der Waals surface area (Å²) in [4.78, 5) is 0. The van der Waals surface area contributed by atoms with Gasteiger partial charge in [0.1, 0.15) is 0 Å². The molecule has 0 radical (unpaired) electrons. The van der Waals surface area contributed by atoms with E-state index in [1.165, 1.54) is 0 Å². The highest BCUT2D eigenvalue weighted by Crippen LogP contribution is 2.24. The van der Waals surface area contributed by atoms with Crippen molar-refractivity contribution >= 4 is 17.3 Å². The van der Waals surface area contributed by atoms with Crippen LogP contribution < -0.4 is 5.73 Å². The first kappa shape index (κ1) is 8.84. The number of halogens is 1. The molecular formula is C8H12ClN3O. The molecule has 1 aliphatic heterocycles. The number of ether oxygens (including phenoxy) is 1. The maximum atomic E-state index is 5.76. The average molecular weight is 202 g/mol. The molecule has 0 aromatic carbocycles. The van der Waals surface area contributed by atoms with Gasteiger partial charge in [-0.1, -0.05) is 11.6 Å². The van der Waals surface area contributed by atoms with Gasteiger partial charge in [0.25, 0.3) is 0 Å². The fraction of sp³-hybridized carbons (Fsp3) is 0.625. The maximum Gasteiger partial charge on any atom is 0.173 e. The van der Waals surface area contributed by atoms with Crippen molar-refractivity contribution in [1.29, 1.82) is 0 Å². The molecule has 0 aliphatic carbocycles. The van der Waals surface area contributed by atoms with Gasteiger partial charge in [0.15, 0.2) is 5.15 Å². The van der Waals surface area contributed by atoms with E-state index in [1.807, 2.05) is 4.68 Å². The van der Waals surface area contributed by atoms with E-state index in [0.717, 1.165) is 26.1 Å². The Morgan fingerprint density at radius 1 is 1.54 bits per heavy atom. The van der Waals surface area contributed by atoms with Crippen LogP contribution in [0.1, 0.15) is 18.9 Å². The Hall–Kier alpha value is -0.740. The van der Waals surface area contributed by atoms with E-state index >= 15 is 0 Å². The van der Waals surface area contributed by atoms with Crippen LogP contribution in [0.25, 0.3) is 0 Å². The number of nitrogens with zero attached hydrogens (tertiary/aromatic N) is 2. The van der Waals surface area contributed by atoms with Crippen molar-refractivity contribution in [3.8, 4) is 0 Å². The molecule has 1 saturated heterocycles. The van der Waals surface area contributed by atoms with Crippen LogP contribution >= 0.6 is 11.6 Å². The van der Waals surface area contributed by atoms with Crippen LogP contribution in [0.3, 0.4) is 0 Å². The van der Waals surface area contributed by atoms with Gasteiger partial charge in [0.2, 0.25) is 0 Å². The second kappa shape index (κ2) is 3.55. The third kappa shape index (κ3) is 1.78. The molecule has 0 bridgehead atoms. The number of anilines is 1. The van der Waals surface area contributed by atoms with Crippen LogP contribution in [0.4, 0.5) is 5.69 Å². The molecule has 0 unspecified atom stereocenters. The Morgan fingerprint density at radius 2 is 2.23 bits per heavy atom. The summed E-state index contributed by atoms with van der Waals surface area (Å²) >= 11 is 5.76. The van der Waals surface area contributed by atoms with Crippen molar-refractivity contribution in [3.05, 3.63) is 11.3 Å². The molecule has 13 heavy (non-hydrogen) atoms. The first-order chi connectivity index (χ1) is 6.27. The van der Waals surface area contributed by atoms with E-state index in [4.69, 9.17) is 22.1 Å².